The number of nitrogens with zero attached hydrogens (tertiary/aromatic N) is 4. The number of para-hydroxylation sites is 1. The van der Waals surface area contributed by atoms with Crippen LogP contribution in [0.2, 0.25) is 0 Å². The standard InChI is InChI=1S/C26H27N5O3/c1-30(2)24-14-18(12-13-27-24)16-28-26(32)22-17-31(19-8-6-5-7-9-19)29-25(22)21-15-20(33-3)10-11-23(21)34-4/h5-15,17H,16H2,1-4H3,(H,28,32). The highest BCUT2D eigenvalue weighted by Crippen LogP contribution is 2.35. The molecule has 2 aromatic carbocycles. The van der Waals surface area contributed by atoms with Crippen LogP contribution in [0.4, 0.5) is 5.82 Å². The molecule has 34 heavy (non-hydrogen) atoms. The highest BCUT2D eigenvalue weighted by molar-refractivity contribution is 6.00. The van der Waals surface area contributed by atoms with Gasteiger partial charge in [-0.2, -0.15) is 5.10 Å². The molecule has 4 rings (SSSR count). The Hall–Kier alpha value is -4.33. The van der Waals surface area contributed by atoms with Gasteiger partial charge in [-0.05, 0) is 48.0 Å². The van der Waals surface area contributed by atoms with E-state index >= 15 is 0 Å². The van der Waals surface area contributed by atoms with E-state index in [0.717, 1.165) is 17.1 Å². The molecular weight excluding hydrogens is 430 g/mol. The van der Waals surface area contributed by atoms with E-state index in [-0.39, 0.29) is 5.91 Å². The number of anilines is 1. The van der Waals surface area contributed by atoms with Gasteiger partial charge in [0, 0.05) is 38.6 Å². The molecule has 8 nitrogen and oxygen atoms in total. The number of nitrogens with one attached hydrogen (secondary N) is 1. The highest BCUT2D eigenvalue weighted by Gasteiger charge is 2.22. The molecule has 1 N–H and O–H groups in total. The summed E-state index contributed by atoms with van der Waals surface area (Å²) >= 11 is 0. The zero-order valence-corrected chi connectivity index (χ0v) is 19.6. The quantitative estimate of drug-likeness (QED) is 0.432. The van der Waals surface area contributed by atoms with E-state index in [1.807, 2.05) is 73.6 Å². The lowest BCUT2D eigenvalue weighted by molar-refractivity contribution is 0.0951. The number of ether oxygens (including phenoxy) is 2. The van der Waals surface area contributed by atoms with Gasteiger partial charge < -0.3 is 19.7 Å². The summed E-state index contributed by atoms with van der Waals surface area (Å²) < 4.78 is 12.7. The topological polar surface area (TPSA) is 81.5 Å². The number of hydrogen-bond acceptors (Lipinski definition) is 6. The first-order valence-corrected chi connectivity index (χ1v) is 10.8. The minimum absolute atomic E-state index is 0.245. The molecule has 2 aromatic heterocycles. The Morgan fingerprint density at radius 1 is 1.03 bits per heavy atom. The molecule has 0 fully saturated rings. The summed E-state index contributed by atoms with van der Waals surface area (Å²) in [7, 11) is 7.04. The van der Waals surface area contributed by atoms with Gasteiger partial charge in [0.05, 0.1) is 25.5 Å². The normalized spacial score (nSPS) is 10.6. The van der Waals surface area contributed by atoms with E-state index in [2.05, 4.69) is 10.3 Å². The Labute approximate surface area is 198 Å². The van der Waals surface area contributed by atoms with Crippen LogP contribution in [-0.2, 0) is 6.54 Å². The lowest BCUT2D eigenvalue weighted by Gasteiger charge is -2.13. The number of hydrogen-bond donors (Lipinski definition) is 1. The number of amides is 1. The lowest BCUT2D eigenvalue weighted by atomic mass is 10.1. The van der Waals surface area contributed by atoms with E-state index in [0.29, 0.717) is 34.9 Å². The SMILES string of the molecule is COc1ccc(OC)c(-c2nn(-c3ccccc3)cc2C(=O)NCc2ccnc(N(C)C)c2)c1. The number of pyridine rings is 1. The molecule has 0 atom stereocenters. The predicted molar refractivity (Wildman–Crippen MR) is 132 cm³/mol. The summed E-state index contributed by atoms with van der Waals surface area (Å²) in [4.78, 5) is 19.6. The Morgan fingerprint density at radius 2 is 1.82 bits per heavy atom. The minimum atomic E-state index is -0.245. The lowest BCUT2D eigenvalue weighted by Crippen LogP contribution is -2.23. The van der Waals surface area contributed by atoms with Crippen molar-refractivity contribution in [2.45, 2.75) is 6.54 Å². The van der Waals surface area contributed by atoms with Crippen molar-refractivity contribution < 1.29 is 14.3 Å². The van der Waals surface area contributed by atoms with Crippen LogP contribution in [0.5, 0.6) is 11.5 Å². The van der Waals surface area contributed by atoms with Crippen molar-refractivity contribution in [2.75, 3.05) is 33.2 Å². The Morgan fingerprint density at radius 3 is 2.53 bits per heavy atom. The van der Waals surface area contributed by atoms with Gasteiger partial charge >= 0.3 is 0 Å². The van der Waals surface area contributed by atoms with E-state index in [4.69, 9.17) is 14.6 Å². The molecule has 174 valence electrons. The molecule has 0 saturated heterocycles. The van der Waals surface area contributed by atoms with Crippen LogP contribution in [0.15, 0.2) is 73.1 Å². The first kappa shape index (κ1) is 22.8. The first-order chi connectivity index (χ1) is 16.5. The fourth-order valence-corrected chi connectivity index (χ4v) is 3.54. The van der Waals surface area contributed by atoms with Gasteiger partial charge in [-0.25, -0.2) is 9.67 Å². The average molecular weight is 458 g/mol. The summed E-state index contributed by atoms with van der Waals surface area (Å²) in [5.74, 6) is 1.82. The average Bonchev–Trinajstić information content (AvgIpc) is 3.33. The van der Waals surface area contributed by atoms with Gasteiger partial charge in [-0.1, -0.05) is 18.2 Å². The van der Waals surface area contributed by atoms with E-state index in [1.165, 1.54) is 0 Å². The summed E-state index contributed by atoms with van der Waals surface area (Å²) in [6.07, 6.45) is 3.47. The zero-order valence-electron chi connectivity index (χ0n) is 19.6. The molecule has 1 amide bonds. The number of aromatic nitrogens is 3. The maximum Gasteiger partial charge on any atom is 0.255 e. The molecule has 0 aliphatic heterocycles. The molecule has 2 heterocycles. The van der Waals surface area contributed by atoms with Gasteiger partial charge in [0.1, 0.15) is 23.0 Å². The van der Waals surface area contributed by atoms with Crippen molar-refractivity contribution in [2.24, 2.45) is 0 Å². The second-order valence-electron chi connectivity index (χ2n) is 7.84. The van der Waals surface area contributed by atoms with Crippen LogP contribution < -0.4 is 19.7 Å². The van der Waals surface area contributed by atoms with Crippen LogP contribution in [0, 0.1) is 0 Å². The Balaban J connectivity index is 1.72. The summed E-state index contributed by atoms with van der Waals surface area (Å²) in [6.45, 7) is 0.355. The first-order valence-electron chi connectivity index (χ1n) is 10.8. The highest BCUT2D eigenvalue weighted by atomic mass is 16.5. The van der Waals surface area contributed by atoms with Crippen molar-refractivity contribution in [3.05, 3.63) is 84.2 Å². The predicted octanol–water partition coefficient (Wildman–Crippen LogP) is 3.95. The van der Waals surface area contributed by atoms with Crippen molar-refractivity contribution >= 4 is 11.7 Å². The van der Waals surface area contributed by atoms with Gasteiger partial charge in [0.25, 0.3) is 5.91 Å². The van der Waals surface area contributed by atoms with Gasteiger partial charge in [0.15, 0.2) is 0 Å². The number of methoxy groups -OCH3 is 2. The van der Waals surface area contributed by atoms with Gasteiger partial charge in [-0.15, -0.1) is 0 Å². The van der Waals surface area contributed by atoms with Gasteiger partial charge in [0.2, 0.25) is 0 Å². The number of benzene rings is 2. The molecule has 8 heteroatoms. The van der Waals surface area contributed by atoms with Crippen LogP contribution in [0.1, 0.15) is 15.9 Å². The monoisotopic (exact) mass is 457 g/mol. The largest absolute Gasteiger partial charge is 0.497 e. The third-order valence-electron chi connectivity index (χ3n) is 5.36. The molecular formula is C26H27N5O3. The van der Waals surface area contributed by atoms with E-state index < -0.39 is 0 Å². The maximum absolute atomic E-state index is 13.4. The molecule has 0 aliphatic carbocycles. The maximum atomic E-state index is 13.4. The van der Waals surface area contributed by atoms with Crippen molar-refractivity contribution in [3.8, 4) is 28.4 Å². The molecule has 0 saturated carbocycles. The van der Waals surface area contributed by atoms with Crippen LogP contribution in [0.3, 0.4) is 0 Å². The van der Waals surface area contributed by atoms with Crippen LogP contribution >= 0.6 is 0 Å². The van der Waals surface area contributed by atoms with Crippen molar-refractivity contribution in [1.82, 2.24) is 20.1 Å². The summed E-state index contributed by atoms with van der Waals surface area (Å²) in [5, 5.41) is 7.76. The van der Waals surface area contributed by atoms with E-state index in [9.17, 15) is 4.79 Å². The molecule has 0 spiro atoms. The fraction of sp³-hybridized carbons (Fsp3) is 0.192. The molecule has 4 aromatic rings. The molecule has 0 unspecified atom stereocenters. The second kappa shape index (κ2) is 10.1. The zero-order chi connectivity index (χ0) is 24.1. The fourth-order valence-electron chi connectivity index (χ4n) is 3.54. The number of carbonyl (C=O) groups excluding carboxylic acids is 1. The van der Waals surface area contributed by atoms with Crippen molar-refractivity contribution in [3.63, 3.8) is 0 Å². The smallest absolute Gasteiger partial charge is 0.255 e. The number of rotatable bonds is 8. The van der Waals surface area contributed by atoms with Crippen LogP contribution in [-0.4, -0.2) is 49.0 Å². The summed E-state index contributed by atoms with van der Waals surface area (Å²) in [5.41, 5.74) is 3.39. The van der Waals surface area contributed by atoms with E-state index in [1.54, 1.807) is 37.4 Å². The van der Waals surface area contributed by atoms with Crippen molar-refractivity contribution in [1.29, 1.82) is 0 Å². The third-order valence-corrected chi connectivity index (χ3v) is 5.36. The Bertz CT molecular complexity index is 1280. The number of carbonyl (C=O) groups is 1. The van der Waals surface area contributed by atoms with Gasteiger partial charge in [-0.3, -0.25) is 4.79 Å². The molecule has 0 bridgehead atoms. The molecule has 0 aliphatic rings. The van der Waals surface area contributed by atoms with Crippen LogP contribution in [0.25, 0.3) is 16.9 Å². The summed E-state index contributed by atoms with van der Waals surface area (Å²) in [6, 6.07) is 18.9. The third kappa shape index (κ3) is 4.85. The molecule has 0 radical (unpaired) electrons. The Kier molecular flexibility index (Phi) is 6.77. The minimum Gasteiger partial charge on any atom is -0.497 e. The second-order valence-corrected chi connectivity index (χ2v) is 7.84.